The van der Waals surface area contributed by atoms with Gasteiger partial charge >= 0.3 is 0 Å². The van der Waals surface area contributed by atoms with Crippen molar-refractivity contribution < 1.29 is 0 Å². The number of anilines is 2. The molecule has 2 heterocycles. The van der Waals surface area contributed by atoms with E-state index < -0.39 is 0 Å². The molecule has 2 aromatic rings. The maximum Gasteiger partial charge on any atom is 0.119 e. The number of benzene rings is 1. The van der Waals surface area contributed by atoms with Gasteiger partial charge in [0.25, 0.3) is 0 Å². The molecule has 1 aliphatic heterocycles. The third-order valence-electron chi connectivity index (χ3n) is 3.66. The highest BCUT2D eigenvalue weighted by Gasteiger charge is 2.17. The number of para-hydroxylation sites is 1. The fraction of sp³-hybridized carbons (Fsp3) is 0.312. The van der Waals surface area contributed by atoms with Crippen LogP contribution in [-0.2, 0) is 6.42 Å². The van der Waals surface area contributed by atoms with Gasteiger partial charge in [0.15, 0.2) is 0 Å². The third-order valence-corrected chi connectivity index (χ3v) is 4.60. The number of hydrogen-bond acceptors (Lipinski definition) is 4. The number of aromatic nitrogens is 1. The molecule has 0 saturated heterocycles. The molecule has 0 atom stereocenters. The summed E-state index contributed by atoms with van der Waals surface area (Å²) >= 11 is 1.59. The van der Waals surface area contributed by atoms with E-state index in [-0.39, 0.29) is 0 Å². The molecule has 0 aliphatic carbocycles. The minimum absolute atomic E-state index is 1.03. The fourth-order valence-corrected chi connectivity index (χ4v) is 3.34. The van der Waals surface area contributed by atoms with Gasteiger partial charge in [-0.05, 0) is 43.0 Å². The molecule has 3 nitrogen and oxygen atoms in total. The van der Waals surface area contributed by atoms with E-state index in [9.17, 15) is 0 Å². The van der Waals surface area contributed by atoms with Gasteiger partial charge in [-0.15, -0.1) is 0 Å². The Bertz CT molecular complexity index is 612. The molecule has 1 aliphatic rings. The molecule has 104 valence electrons. The zero-order valence-corrected chi connectivity index (χ0v) is 12.7. The van der Waals surface area contributed by atoms with Crippen molar-refractivity contribution in [1.82, 2.24) is 4.98 Å². The normalized spacial score (nSPS) is 14.0. The van der Waals surface area contributed by atoms with Gasteiger partial charge in [-0.25, -0.2) is 4.98 Å². The van der Waals surface area contributed by atoms with Crippen LogP contribution in [0.2, 0.25) is 0 Å². The summed E-state index contributed by atoms with van der Waals surface area (Å²) in [4.78, 5) is 6.75. The predicted octanol–water partition coefficient (Wildman–Crippen LogP) is 3.89. The van der Waals surface area contributed by atoms with Gasteiger partial charge in [0.05, 0.1) is 11.4 Å². The molecule has 0 radical (unpaired) electrons. The van der Waals surface area contributed by atoms with Gasteiger partial charge < -0.3 is 9.62 Å². The number of aryl methyl sites for hydroxylation is 2. The molecule has 1 aromatic heterocycles. The predicted molar refractivity (Wildman–Crippen MR) is 86.5 cm³/mol. The molecule has 20 heavy (non-hydrogen) atoms. The first-order chi connectivity index (χ1) is 9.75. The fourth-order valence-electron chi connectivity index (χ4n) is 2.63. The van der Waals surface area contributed by atoms with Crippen LogP contribution in [0.25, 0.3) is 0 Å². The molecule has 0 saturated carbocycles. The summed E-state index contributed by atoms with van der Waals surface area (Å²) in [6.07, 6.45) is 4.24. The monoisotopic (exact) mass is 285 g/mol. The zero-order valence-electron chi connectivity index (χ0n) is 11.9. The number of nitrogens with zero attached hydrogens (tertiary/aromatic N) is 2. The standard InChI is InChI=1S/C16H19N3S/c1-12-6-4-10-17-16(12)20-18-14-9-3-7-13-8-5-11-19(2)15(13)14/h3-4,6-7,9-10,18H,5,8,11H2,1-2H3. The summed E-state index contributed by atoms with van der Waals surface area (Å²) in [5, 5.41) is 1.03. The van der Waals surface area contributed by atoms with Gasteiger partial charge in [0, 0.05) is 31.7 Å². The Morgan fingerprint density at radius 1 is 1.25 bits per heavy atom. The molecule has 0 unspecified atom stereocenters. The van der Waals surface area contributed by atoms with E-state index >= 15 is 0 Å². The van der Waals surface area contributed by atoms with Crippen LogP contribution >= 0.6 is 11.9 Å². The highest BCUT2D eigenvalue weighted by molar-refractivity contribution is 8.00. The van der Waals surface area contributed by atoms with Crippen LogP contribution in [-0.4, -0.2) is 18.6 Å². The second-order valence-corrected chi connectivity index (χ2v) is 5.96. The second kappa shape index (κ2) is 5.75. The average Bonchev–Trinajstić information content (AvgIpc) is 2.46. The van der Waals surface area contributed by atoms with Crippen LogP contribution < -0.4 is 9.62 Å². The van der Waals surface area contributed by atoms with Crippen LogP contribution in [0.3, 0.4) is 0 Å². The SMILES string of the molecule is Cc1cccnc1SNc1cccc2c1N(C)CCC2. The lowest BCUT2D eigenvalue weighted by molar-refractivity contribution is 0.746. The Balaban J connectivity index is 1.83. The van der Waals surface area contributed by atoms with E-state index in [1.165, 1.54) is 35.3 Å². The van der Waals surface area contributed by atoms with E-state index in [1.54, 1.807) is 11.9 Å². The molecule has 4 heteroatoms. The Labute approximate surface area is 124 Å². The quantitative estimate of drug-likeness (QED) is 0.866. The maximum atomic E-state index is 4.41. The van der Waals surface area contributed by atoms with Gasteiger partial charge in [0.2, 0.25) is 0 Å². The van der Waals surface area contributed by atoms with Crippen molar-refractivity contribution >= 4 is 23.3 Å². The molecule has 0 bridgehead atoms. The Kier molecular flexibility index (Phi) is 3.83. The number of pyridine rings is 1. The molecule has 1 aromatic carbocycles. The molecule has 0 spiro atoms. The first kappa shape index (κ1) is 13.3. The third kappa shape index (κ3) is 2.61. The first-order valence-electron chi connectivity index (χ1n) is 6.93. The molecular weight excluding hydrogens is 266 g/mol. The van der Waals surface area contributed by atoms with Crippen molar-refractivity contribution in [3.8, 4) is 0 Å². The summed E-state index contributed by atoms with van der Waals surface area (Å²) in [6, 6.07) is 10.6. The van der Waals surface area contributed by atoms with Crippen LogP contribution in [0.5, 0.6) is 0 Å². The summed E-state index contributed by atoms with van der Waals surface area (Å²) in [6.45, 7) is 3.21. The molecular formula is C16H19N3S. The minimum Gasteiger partial charge on any atom is -0.373 e. The lowest BCUT2D eigenvalue weighted by Crippen LogP contribution is -2.25. The second-order valence-electron chi connectivity index (χ2n) is 5.17. The number of rotatable bonds is 3. The van der Waals surface area contributed by atoms with Crippen LogP contribution in [0, 0.1) is 6.92 Å². The number of hydrogen-bond donors (Lipinski definition) is 1. The van der Waals surface area contributed by atoms with Crippen LogP contribution in [0.15, 0.2) is 41.6 Å². The van der Waals surface area contributed by atoms with E-state index in [2.05, 4.69) is 52.8 Å². The Morgan fingerprint density at radius 2 is 2.15 bits per heavy atom. The summed E-state index contributed by atoms with van der Waals surface area (Å²) < 4.78 is 3.47. The van der Waals surface area contributed by atoms with Crippen LogP contribution in [0.4, 0.5) is 11.4 Å². The van der Waals surface area contributed by atoms with Crippen molar-refractivity contribution in [2.45, 2.75) is 24.8 Å². The highest BCUT2D eigenvalue weighted by Crippen LogP contribution is 2.36. The maximum absolute atomic E-state index is 4.41. The van der Waals surface area contributed by atoms with E-state index in [0.717, 1.165) is 11.6 Å². The average molecular weight is 285 g/mol. The van der Waals surface area contributed by atoms with Gasteiger partial charge in [-0.1, -0.05) is 18.2 Å². The molecule has 0 fully saturated rings. The van der Waals surface area contributed by atoms with Crippen molar-refractivity contribution in [1.29, 1.82) is 0 Å². The Morgan fingerprint density at radius 3 is 3.00 bits per heavy atom. The highest BCUT2D eigenvalue weighted by atomic mass is 32.2. The molecule has 1 N–H and O–H groups in total. The largest absolute Gasteiger partial charge is 0.373 e. The molecule has 3 rings (SSSR count). The van der Waals surface area contributed by atoms with E-state index in [0.29, 0.717) is 0 Å². The van der Waals surface area contributed by atoms with Gasteiger partial charge in [-0.2, -0.15) is 0 Å². The van der Waals surface area contributed by atoms with E-state index in [1.807, 2.05) is 12.3 Å². The number of nitrogens with one attached hydrogen (secondary N) is 1. The van der Waals surface area contributed by atoms with E-state index in [4.69, 9.17) is 0 Å². The van der Waals surface area contributed by atoms with Crippen molar-refractivity contribution in [3.63, 3.8) is 0 Å². The smallest absolute Gasteiger partial charge is 0.119 e. The Hall–Kier alpha value is -1.68. The first-order valence-corrected chi connectivity index (χ1v) is 7.75. The minimum atomic E-state index is 1.03. The summed E-state index contributed by atoms with van der Waals surface area (Å²) in [5.41, 5.74) is 5.14. The van der Waals surface area contributed by atoms with Crippen molar-refractivity contribution in [2.24, 2.45) is 0 Å². The van der Waals surface area contributed by atoms with Crippen LogP contribution in [0.1, 0.15) is 17.5 Å². The van der Waals surface area contributed by atoms with Crippen molar-refractivity contribution in [2.75, 3.05) is 23.2 Å². The zero-order chi connectivity index (χ0) is 13.9. The molecule has 0 amide bonds. The lowest BCUT2D eigenvalue weighted by atomic mass is 10.0. The van der Waals surface area contributed by atoms with Gasteiger partial charge in [0.1, 0.15) is 5.03 Å². The number of fused-ring (bicyclic) bond motifs is 1. The van der Waals surface area contributed by atoms with Crippen molar-refractivity contribution in [3.05, 3.63) is 47.7 Å². The lowest BCUT2D eigenvalue weighted by Gasteiger charge is -2.29. The topological polar surface area (TPSA) is 28.2 Å². The van der Waals surface area contributed by atoms with Gasteiger partial charge in [-0.3, -0.25) is 0 Å². The summed E-state index contributed by atoms with van der Waals surface area (Å²) in [5.74, 6) is 0. The summed E-state index contributed by atoms with van der Waals surface area (Å²) in [7, 11) is 2.17.